The molecule has 8 heteroatoms. The highest BCUT2D eigenvalue weighted by Crippen LogP contribution is 2.47. The van der Waals surface area contributed by atoms with E-state index in [0.717, 1.165) is 53.0 Å². The molecular formula is C23H26N2O5S. The molecule has 4 aliphatic rings. The summed E-state index contributed by atoms with van der Waals surface area (Å²) in [5.41, 5.74) is 2.89. The van der Waals surface area contributed by atoms with Crippen LogP contribution in [0.3, 0.4) is 0 Å². The number of carbonyl (C=O) groups is 2. The van der Waals surface area contributed by atoms with Gasteiger partial charge in [-0.1, -0.05) is 19.0 Å². The first kappa shape index (κ1) is 20.6. The van der Waals surface area contributed by atoms with E-state index in [-0.39, 0.29) is 30.0 Å². The first-order chi connectivity index (χ1) is 14.9. The molecule has 0 aromatic carbocycles. The van der Waals surface area contributed by atoms with E-state index >= 15 is 0 Å². The van der Waals surface area contributed by atoms with Crippen molar-refractivity contribution in [3.8, 4) is 11.5 Å². The van der Waals surface area contributed by atoms with Crippen molar-refractivity contribution in [1.82, 2.24) is 10.1 Å². The second-order valence-corrected chi connectivity index (χ2v) is 10.2. The molecular weight excluding hydrogens is 416 g/mol. The standard InChI is InChI=1S/C23H26N2O5S/c1-11(2)21-24-22(30-25-21)20-14-7-8-29-10-17(14)31-16(20)9-15(26)18-12-3-5-13(6-4-12)19(18)23(27)28/h11-13H,3-10H2,1-2H3,(H,27,28). The summed E-state index contributed by atoms with van der Waals surface area (Å²) in [5, 5.41) is 13.9. The Morgan fingerprint density at radius 1 is 1.16 bits per heavy atom. The smallest absolute Gasteiger partial charge is 0.332 e. The molecule has 164 valence electrons. The summed E-state index contributed by atoms with van der Waals surface area (Å²) in [5.74, 6) is 0.299. The average Bonchev–Trinajstić information content (AvgIpc) is 3.38. The van der Waals surface area contributed by atoms with Gasteiger partial charge in [-0.15, -0.1) is 11.3 Å². The number of ketones is 1. The molecule has 0 unspecified atom stereocenters. The maximum absolute atomic E-state index is 13.5. The summed E-state index contributed by atoms with van der Waals surface area (Å²) < 4.78 is 11.2. The predicted molar refractivity (Wildman–Crippen MR) is 114 cm³/mol. The van der Waals surface area contributed by atoms with E-state index in [1.54, 1.807) is 11.3 Å². The molecule has 1 fully saturated rings. The van der Waals surface area contributed by atoms with Crippen LogP contribution in [0.4, 0.5) is 0 Å². The van der Waals surface area contributed by atoms with Crippen LogP contribution in [0, 0.1) is 11.8 Å². The number of thiophene rings is 1. The Hall–Kier alpha value is -2.32. The molecule has 1 aliphatic heterocycles. The summed E-state index contributed by atoms with van der Waals surface area (Å²) in [6.07, 6.45) is 4.47. The zero-order chi connectivity index (χ0) is 21.7. The lowest BCUT2D eigenvalue weighted by molar-refractivity contribution is -0.134. The molecule has 0 spiro atoms. The molecule has 0 radical (unpaired) electrons. The Morgan fingerprint density at radius 2 is 1.87 bits per heavy atom. The molecule has 3 heterocycles. The van der Waals surface area contributed by atoms with Gasteiger partial charge < -0.3 is 14.4 Å². The molecule has 1 N–H and O–H groups in total. The SMILES string of the molecule is CC(C)c1noc(-c2c(CC(=O)C3=C(C(=O)O)C4CCC3CC4)sc3c2CCOC3)n1. The van der Waals surface area contributed by atoms with Gasteiger partial charge in [0.15, 0.2) is 11.6 Å². The average molecular weight is 443 g/mol. The summed E-state index contributed by atoms with van der Waals surface area (Å²) in [6, 6.07) is 0. The van der Waals surface area contributed by atoms with Gasteiger partial charge in [0.25, 0.3) is 5.89 Å². The zero-order valence-electron chi connectivity index (χ0n) is 17.8. The third kappa shape index (κ3) is 3.55. The third-order valence-electron chi connectivity index (χ3n) is 6.75. The number of allylic oxidation sites excluding steroid dienone is 1. The molecule has 2 aromatic rings. The number of nitrogens with zero attached hydrogens (tertiary/aromatic N) is 2. The fourth-order valence-electron chi connectivity index (χ4n) is 5.25. The Labute approximate surface area is 184 Å². The van der Waals surface area contributed by atoms with Crippen molar-refractivity contribution in [2.75, 3.05) is 6.61 Å². The predicted octanol–water partition coefficient (Wildman–Crippen LogP) is 4.31. The molecule has 7 nitrogen and oxygen atoms in total. The lowest BCUT2D eigenvalue weighted by Crippen LogP contribution is -2.34. The molecule has 0 amide bonds. The van der Waals surface area contributed by atoms with Gasteiger partial charge in [-0.05, 0) is 49.5 Å². The molecule has 1 saturated carbocycles. The fraction of sp³-hybridized carbons (Fsp3) is 0.565. The van der Waals surface area contributed by atoms with Crippen LogP contribution in [0.5, 0.6) is 0 Å². The monoisotopic (exact) mass is 442 g/mol. The molecule has 6 rings (SSSR count). The second-order valence-electron chi connectivity index (χ2n) is 9.00. The molecule has 0 saturated heterocycles. The molecule has 3 aliphatic carbocycles. The van der Waals surface area contributed by atoms with Crippen molar-refractivity contribution < 1.29 is 24.0 Å². The van der Waals surface area contributed by atoms with Crippen LogP contribution in [-0.2, 0) is 33.8 Å². The number of aliphatic carboxylic acids is 1. The van der Waals surface area contributed by atoms with Gasteiger partial charge in [-0.25, -0.2) is 4.79 Å². The quantitative estimate of drug-likeness (QED) is 0.711. The lowest BCUT2D eigenvalue weighted by Gasteiger charge is -2.38. The van der Waals surface area contributed by atoms with Gasteiger partial charge in [-0.2, -0.15) is 4.98 Å². The highest BCUT2D eigenvalue weighted by molar-refractivity contribution is 7.12. The maximum atomic E-state index is 13.5. The number of hydrogen-bond acceptors (Lipinski definition) is 7. The van der Waals surface area contributed by atoms with Crippen molar-refractivity contribution in [3.05, 3.63) is 32.3 Å². The van der Waals surface area contributed by atoms with E-state index in [9.17, 15) is 14.7 Å². The maximum Gasteiger partial charge on any atom is 0.332 e. The fourth-order valence-corrected chi connectivity index (χ4v) is 6.54. The van der Waals surface area contributed by atoms with Gasteiger partial charge in [0.1, 0.15) is 0 Å². The minimum absolute atomic E-state index is 0.00963. The molecule has 31 heavy (non-hydrogen) atoms. The highest BCUT2D eigenvalue weighted by Gasteiger charge is 2.41. The summed E-state index contributed by atoms with van der Waals surface area (Å²) in [7, 11) is 0. The zero-order valence-corrected chi connectivity index (χ0v) is 18.6. The van der Waals surface area contributed by atoms with Crippen LogP contribution in [0.1, 0.15) is 66.6 Å². The first-order valence-corrected chi connectivity index (χ1v) is 11.8. The Morgan fingerprint density at radius 3 is 2.52 bits per heavy atom. The highest BCUT2D eigenvalue weighted by atomic mass is 32.1. The van der Waals surface area contributed by atoms with Crippen LogP contribution in [-0.4, -0.2) is 33.6 Å². The van der Waals surface area contributed by atoms with E-state index in [0.29, 0.717) is 36.1 Å². The van der Waals surface area contributed by atoms with Crippen LogP contribution >= 0.6 is 11.3 Å². The number of carbonyl (C=O) groups excluding carboxylic acids is 1. The minimum atomic E-state index is -0.935. The number of fused-ring (bicyclic) bond motifs is 3. The largest absolute Gasteiger partial charge is 0.478 e. The first-order valence-electron chi connectivity index (χ1n) is 11.0. The number of ether oxygens (including phenoxy) is 1. The van der Waals surface area contributed by atoms with Gasteiger partial charge >= 0.3 is 5.97 Å². The van der Waals surface area contributed by atoms with Crippen molar-refractivity contribution in [2.24, 2.45) is 11.8 Å². The van der Waals surface area contributed by atoms with Crippen LogP contribution < -0.4 is 0 Å². The summed E-state index contributed by atoms with van der Waals surface area (Å²) >= 11 is 1.55. The minimum Gasteiger partial charge on any atom is -0.478 e. The normalized spacial score (nSPS) is 22.8. The van der Waals surface area contributed by atoms with Crippen molar-refractivity contribution in [1.29, 1.82) is 0 Å². The van der Waals surface area contributed by atoms with E-state index < -0.39 is 5.97 Å². The number of aromatic nitrogens is 2. The molecule has 2 bridgehead atoms. The van der Waals surface area contributed by atoms with Gasteiger partial charge in [0.05, 0.1) is 18.8 Å². The number of rotatable bonds is 6. The topological polar surface area (TPSA) is 103 Å². The van der Waals surface area contributed by atoms with E-state index in [1.807, 2.05) is 13.8 Å². The molecule has 0 atom stereocenters. The Kier molecular flexibility index (Phi) is 5.30. The molecule has 2 aromatic heterocycles. The second kappa shape index (κ2) is 7.98. The van der Waals surface area contributed by atoms with Crippen LogP contribution in [0.15, 0.2) is 15.7 Å². The van der Waals surface area contributed by atoms with E-state index in [1.165, 1.54) is 0 Å². The number of Topliss-reactive ketones (excluding diaryl/α,β-unsaturated/α-hetero) is 1. The van der Waals surface area contributed by atoms with Crippen molar-refractivity contribution in [3.63, 3.8) is 0 Å². The third-order valence-corrected chi connectivity index (χ3v) is 7.96. The van der Waals surface area contributed by atoms with E-state index in [2.05, 4.69) is 10.1 Å². The van der Waals surface area contributed by atoms with Crippen molar-refractivity contribution in [2.45, 2.75) is 64.9 Å². The van der Waals surface area contributed by atoms with Gasteiger partial charge in [0.2, 0.25) is 0 Å². The lowest BCUT2D eigenvalue weighted by atomic mass is 9.65. The Balaban J connectivity index is 1.55. The number of hydrogen-bond donors (Lipinski definition) is 1. The number of carboxylic acids is 1. The van der Waals surface area contributed by atoms with Gasteiger partial charge in [-0.3, -0.25) is 4.79 Å². The number of carboxylic acid groups (broad SMARTS) is 1. The van der Waals surface area contributed by atoms with Crippen LogP contribution in [0.25, 0.3) is 11.5 Å². The van der Waals surface area contributed by atoms with Crippen molar-refractivity contribution >= 4 is 23.1 Å². The summed E-state index contributed by atoms with van der Waals surface area (Å²) in [6.45, 7) is 5.15. The van der Waals surface area contributed by atoms with E-state index in [4.69, 9.17) is 9.26 Å². The van der Waals surface area contributed by atoms with Crippen LogP contribution in [0.2, 0.25) is 0 Å². The van der Waals surface area contributed by atoms with Gasteiger partial charge in [0, 0.05) is 33.2 Å². The summed E-state index contributed by atoms with van der Waals surface area (Å²) in [4.78, 5) is 32.0. The Bertz CT molecular complexity index is 1070.